The van der Waals surface area contributed by atoms with E-state index < -0.39 is 5.97 Å². The zero-order chi connectivity index (χ0) is 13.1. The van der Waals surface area contributed by atoms with E-state index in [0.29, 0.717) is 17.7 Å². The van der Waals surface area contributed by atoms with Crippen LogP contribution < -0.4 is 5.32 Å². The summed E-state index contributed by atoms with van der Waals surface area (Å²) < 4.78 is 5.32. The van der Waals surface area contributed by atoms with Crippen LogP contribution in [0.5, 0.6) is 0 Å². The van der Waals surface area contributed by atoms with Gasteiger partial charge in [-0.2, -0.15) is 0 Å². The van der Waals surface area contributed by atoms with Gasteiger partial charge in [0.15, 0.2) is 0 Å². The zero-order valence-corrected chi connectivity index (χ0v) is 10.0. The van der Waals surface area contributed by atoms with Crippen LogP contribution in [0.4, 0.5) is 0 Å². The van der Waals surface area contributed by atoms with Crippen LogP contribution in [0.1, 0.15) is 23.0 Å². The van der Waals surface area contributed by atoms with Crippen LogP contribution in [-0.4, -0.2) is 28.8 Å². The molecule has 0 bridgehead atoms. The molecule has 1 aromatic carbocycles. The molecule has 0 saturated heterocycles. The van der Waals surface area contributed by atoms with Crippen LogP contribution in [-0.2, 0) is 6.54 Å². The van der Waals surface area contributed by atoms with Crippen molar-refractivity contribution in [3.63, 3.8) is 0 Å². The molecule has 0 aliphatic heterocycles. The maximum absolute atomic E-state index is 11.1. The van der Waals surface area contributed by atoms with E-state index in [-0.39, 0.29) is 18.4 Å². The predicted molar refractivity (Wildman–Crippen MR) is 66.6 cm³/mol. The molecule has 18 heavy (non-hydrogen) atoms. The molecule has 2 aromatic rings. The number of aromatic carboxylic acids is 1. The molecule has 0 aliphatic carbocycles. The Labute approximate surface area is 104 Å². The van der Waals surface area contributed by atoms with E-state index in [1.54, 1.807) is 12.1 Å². The van der Waals surface area contributed by atoms with Gasteiger partial charge in [0.2, 0.25) is 5.76 Å². The molecule has 0 spiro atoms. The Kier molecular flexibility index (Phi) is 3.64. The highest BCUT2D eigenvalue weighted by Gasteiger charge is 2.19. The van der Waals surface area contributed by atoms with Crippen molar-refractivity contribution in [1.82, 2.24) is 5.32 Å². The van der Waals surface area contributed by atoms with E-state index in [0.717, 1.165) is 5.39 Å². The molecule has 0 saturated carbocycles. The summed E-state index contributed by atoms with van der Waals surface area (Å²) in [6.45, 7) is 2.17. The second-order valence-corrected chi connectivity index (χ2v) is 4.18. The number of carboxylic acids is 1. The maximum atomic E-state index is 11.1. The highest BCUT2D eigenvalue weighted by molar-refractivity contribution is 5.95. The minimum absolute atomic E-state index is 0.00180. The summed E-state index contributed by atoms with van der Waals surface area (Å²) in [6.07, 6.45) is 0. The Morgan fingerprint density at radius 2 is 2.17 bits per heavy atom. The number of aliphatic hydroxyl groups excluding tert-OH is 1. The lowest BCUT2D eigenvalue weighted by Gasteiger charge is -2.09. The molecular formula is C13H15NO4. The molecular weight excluding hydrogens is 234 g/mol. The number of nitrogens with one attached hydrogen (secondary N) is 1. The largest absolute Gasteiger partial charge is 0.475 e. The maximum Gasteiger partial charge on any atom is 0.372 e. The molecule has 5 nitrogen and oxygen atoms in total. The number of fused-ring (bicyclic) bond motifs is 1. The Hall–Kier alpha value is -1.85. The van der Waals surface area contributed by atoms with Gasteiger partial charge in [0.05, 0.1) is 6.61 Å². The SMILES string of the molecule is CC(CO)NCc1c(C(=O)O)oc2ccccc12. The van der Waals surface area contributed by atoms with Gasteiger partial charge < -0.3 is 19.9 Å². The van der Waals surface area contributed by atoms with Crippen molar-refractivity contribution in [3.8, 4) is 0 Å². The first-order valence-electron chi connectivity index (χ1n) is 5.71. The van der Waals surface area contributed by atoms with Gasteiger partial charge in [0, 0.05) is 23.5 Å². The van der Waals surface area contributed by atoms with Gasteiger partial charge in [-0.1, -0.05) is 18.2 Å². The summed E-state index contributed by atoms with van der Waals surface area (Å²) in [5.74, 6) is -1.13. The molecule has 5 heteroatoms. The van der Waals surface area contributed by atoms with Gasteiger partial charge in [-0.15, -0.1) is 0 Å². The Morgan fingerprint density at radius 1 is 1.44 bits per heavy atom. The quantitative estimate of drug-likeness (QED) is 0.749. The molecule has 3 N–H and O–H groups in total. The van der Waals surface area contributed by atoms with Crippen molar-refractivity contribution in [1.29, 1.82) is 0 Å². The molecule has 96 valence electrons. The highest BCUT2D eigenvalue weighted by Crippen LogP contribution is 2.25. The van der Waals surface area contributed by atoms with Gasteiger partial charge in [0.25, 0.3) is 0 Å². The number of carboxylic acid groups (broad SMARTS) is 1. The van der Waals surface area contributed by atoms with Crippen LogP contribution in [0.25, 0.3) is 11.0 Å². The van der Waals surface area contributed by atoms with Gasteiger partial charge >= 0.3 is 5.97 Å². The molecule has 1 atom stereocenters. The number of aliphatic hydroxyl groups is 1. The lowest BCUT2D eigenvalue weighted by atomic mass is 10.1. The van der Waals surface area contributed by atoms with E-state index in [4.69, 9.17) is 14.6 Å². The minimum Gasteiger partial charge on any atom is -0.475 e. The van der Waals surface area contributed by atoms with Crippen molar-refractivity contribution < 1.29 is 19.4 Å². The summed E-state index contributed by atoms with van der Waals surface area (Å²) in [7, 11) is 0. The Morgan fingerprint density at radius 3 is 2.83 bits per heavy atom. The number of hydrogen-bond donors (Lipinski definition) is 3. The molecule has 1 heterocycles. The smallest absolute Gasteiger partial charge is 0.372 e. The van der Waals surface area contributed by atoms with Gasteiger partial charge in [-0.05, 0) is 13.0 Å². The Bertz CT molecular complexity index is 561. The highest BCUT2D eigenvalue weighted by atomic mass is 16.4. The van der Waals surface area contributed by atoms with Crippen molar-refractivity contribution in [2.24, 2.45) is 0 Å². The number of para-hydroxylation sites is 1. The van der Waals surface area contributed by atoms with Crippen molar-refractivity contribution >= 4 is 16.9 Å². The normalized spacial score (nSPS) is 12.8. The van der Waals surface area contributed by atoms with Crippen LogP contribution in [0, 0.1) is 0 Å². The summed E-state index contributed by atoms with van der Waals surface area (Å²) in [4.78, 5) is 11.1. The van der Waals surface area contributed by atoms with Crippen molar-refractivity contribution in [2.75, 3.05) is 6.61 Å². The van der Waals surface area contributed by atoms with E-state index in [1.807, 2.05) is 19.1 Å². The fraction of sp³-hybridized carbons (Fsp3) is 0.308. The lowest BCUT2D eigenvalue weighted by molar-refractivity contribution is 0.0663. The van der Waals surface area contributed by atoms with Crippen molar-refractivity contribution in [3.05, 3.63) is 35.6 Å². The number of rotatable bonds is 5. The summed E-state index contributed by atoms with van der Waals surface area (Å²) in [5, 5.41) is 21.9. The van der Waals surface area contributed by atoms with Crippen LogP contribution in [0.3, 0.4) is 0 Å². The summed E-state index contributed by atoms with van der Waals surface area (Å²) in [5.41, 5.74) is 1.17. The van der Waals surface area contributed by atoms with E-state index in [2.05, 4.69) is 5.32 Å². The van der Waals surface area contributed by atoms with Crippen LogP contribution in [0.2, 0.25) is 0 Å². The number of carbonyl (C=O) groups is 1. The van der Waals surface area contributed by atoms with Crippen molar-refractivity contribution in [2.45, 2.75) is 19.5 Å². The molecule has 0 radical (unpaired) electrons. The summed E-state index contributed by atoms with van der Waals surface area (Å²) in [6, 6.07) is 7.10. The molecule has 0 fully saturated rings. The fourth-order valence-corrected chi connectivity index (χ4v) is 1.79. The molecule has 1 unspecified atom stereocenters. The standard InChI is InChI=1S/C13H15NO4/c1-8(7-15)14-6-10-9-4-2-3-5-11(9)18-12(10)13(16)17/h2-5,8,14-15H,6-7H2,1H3,(H,16,17). The third-order valence-electron chi connectivity index (χ3n) is 2.79. The Balaban J connectivity index is 2.39. The topological polar surface area (TPSA) is 82.7 Å². The monoisotopic (exact) mass is 249 g/mol. The van der Waals surface area contributed by atoms with Crippen LogP contribution >= 0.6 is 0 Å². The average Bonchev–Trinajstić information content (AvgIpc) is 2.75. The van der Waals surface area contributed by atoms with E-state index >= 15 is 0 Å². The average molecular weight is 249 g/mol. The molecule has 2 rings (SSSR count). The van der Waals surface area contributed by atoms with Gasteiger partial charge in [0.1, 0.15) is 5.58 Å². The summed E-state index contributed by atoms with van der Waals surface area (Å²) >= 11 is 0. The third-order valence-corrected chi connectivity index (χ3v) is 2.79. The van der Waals surface area contributed by atoms with Gasteiger partial charge in [-0.3, -0.25) is 0 Å². The number of furan rings is 1. The fourth-order valence-electron chi connectivity index (χ4n) is 1.79. The first kappa shape index (κ1) is 12.6. The first-order chi connectivity index (χ1) is 8.63. The second kappa shape index (κ2) is 5.20. The molecule has 1 aromatic heterocycles. The predicted octanol–water partition coefficient (Wildman–Crippen LogP) is 1.60. The first-order valence-corrected chi connectivity index (χ1v) is 5.71. The zero-order valence-electron chi connectivity index (χ0n) is 10.0. The lowest BCUT2D eigenvalue weighted by Crippen LogP contribution is -2.29. The van der Waals surface area contributed by atoms with Gasteiger partial charge in [-0.25, -0.2) is 4.79 Å². The van der Waals surface area contributed by atoms with E-state index in [1.165, 1.54) is 0 Å². The third kappa shape index (κ3) is 2.37. The van der Waals surface area contributed by atoms with Crippen LogP contribution in [0.15, 0.2) is 28.7 Å². The second-order valence-electron chi connectivity index (χ2n) is 4.18. The number of benzene rings is 1. The van der Waals surface area contributed by atoms with E-state index in [9.17, 15) is 4.79 Å². The molecule has 0 amide bonds. The molecule has 0 aliphatic rings. The minimum atomic E-state index is -1.08. The number of hydrogen-bond acceptors (Lipinski definition) is 4.